The molecule has 0 aromatic heterocycles. The highest BCUT2D eigenvalue weighted by Crippen LogP contribution is 2.11. The third-order valence-corrected chi connectivity index (χ3v) is 2.95. The molecule has 1 unspecified atom stereocenters. The fraction of sp³-hybridized carbons (Fsp3) is 0.250. The summed E-state index contributed by atoms with van der Waals surface area (Å²) < 4.78 is 13.0. The molecular weight excluding hydrogens is 227 g/mol. The lowest BCUT2D eigenvalue weighted by atomic mass is 10.0. The third-order valence-electron chi connectivity index (χ3n) is 2.95. The first-order valence-electron chi connectivity index (χ1n) is 6.11. The van der Waals surface area contributed by atoms with Crippen LogP contribution in [-0.4, -0.2) is 11.2 Å². The van der Waals surface area contributed by atoms with Crippen LogP contribution in [0.1, 0.15) is 16.7 Å². The smallest absolute Gasteiger partial charge is 0.123 e. The molecule has 2 heteroatoms. The summed E-state index contributed by atoms with van der Waals surface area (Å²) in [5, 5.41) is 9.99. The van der Waals surface area contributed by atoms with Gasteiger partial charge in [-0.3, -0.25) is 0 Å². The molecule has 2 rings (SSSR count). The van der Waals surface area contributed by atoms with Crippen molar-refractivity contribution in [3.8, 4) is 0 Å². The number of aliphatic hydroxyl groups excluding tert-OH is 1. The van der Waals surface area contributed by atoms with Crippen molar-refractivity contribution in [3.05, 3.63) is 71.0 Å². The van der Waals surface area contributed by atoms with Crippen molar-refractivity contribution in [1.29, 1.82) is 0 Å². The summed E-state index contributed by atoms with van der Waals surface area (Å²) in [7, 11) is 0. The minimum absolute atomic E-state index is 0.255. The van der Waals surface area contributed by atoms with Gasteiger partial charge in [0, 0.05) is 0 Å². The summed E-state index contributed by atoms with van der Waals surface area (Å²) in [5.74, 6) is -0.255. The minimum atomic E-state index is -0.477. The van der Waals surface area contributed by atoms with Gasteiger partial charge < -0.3 is 5.11 Å². The number of hydrogen-bond acceptors (Lipinski definition) is 1. The summed E-state index contributed by atoms with van der Waals surface area (Å²) in [6, 6.07) is 14.5. The molecule has 0 aliphatic heterocycles. The van der Waals surface area contributed by atoms with Crippen LogP contribution in [-0.2, 0) is 12.8 Å². The highest BCUT2D eigenvalue weighted by Gasteiger charge is 2.07. The van der Waals surface area contributed by atoms with Crippen molar-refractivity contribution in [3.63, 3.8) is 0 Å². The van der Waals surface area contributed by atoms with E-state index in [0.717, 1.165) is 11.1 Å². The monoisotopic (exact) mass is 244 g/mol. The van der Waals surface area contributed by atoms with E-state index in [4.69, 9.17) is 0 Å². The molecule has 2 aromatic rings. The largest absolute Gasteiger partial charge is 0.392 e. The molecule has 0 saturated carbocycles. The van der Waals surface area contributed by atoms with Gasteiger partial charge in [0.1, 0.15) is 5.82 Å². The molecule has 0 radical (unpaired) electrons. The zero-order chi connectivity index (χ0) is 13.0. The van der Waals surface area contributed by atoms with Crippen molar-refractivity contribution in [2.45, 2.75) is 25.9 Å². The summed E-state index contributed by atoms with van der Waals surface area (Å²) in [6.07, 6.45) is 0.595. The topological polar surface area (TPSA) is 20.2 Å². The number of aliphatic hydroxyl groups is 1. The van der Waals surface area contributed by atoms with Crippen molar-refractivity contribution in [2.75, 3.05) is 0 Å². The normalized spacial score (nSPS) is 12.4. The molecule has 94 valence electrons. The van der Waals surface area contributed by atoms with Gasteiger partial charge in [-0.25, -0.2) is 4.39 Å². The standard InChI is InChI=1S/C16H17FO/c1-12-5-7-13(8-6-12)10-16(18)11-14-3-2-4-15(17)9-14/h2-9,16,18H,10-11H2,1H3. The van der Waals surface area contributed by atoms with Gasteiger partial charge in [0.05, 0.1) is 6.10 Å². The molecule has 0 fully saturated rings. The van der Waals surface area contributed by atoms with E-state index in [1.54, 1.807) is 6.07 Å². The Kier molecular flexibility index (Phi) is 4.11. The Labute approximate surface area is 107 Å². The molecule has 0 heterocycles. The predicted octanol–water partition coefficient (Wildman–Crippen LogP) is 3.28. The van der Waals surface area contributed by atoms with Crippen LogP contribution in [0.5, 0.6) is 0 Å². The van der Waals surface area contributed by atoms with E-state index >= 15 is 0 Å². The second-order valence-corrected chi connectivity index (χ2v) is 4.68. The molecule has 1 atom stereocenters. The molecule has 1 N–H and O–H groups in total. The molecule has 0 bridgehead atoms. The van der Waals surface area contributed by atoms with Crippen LogP contribution in [0.2, 0.25) is 0 Å². The van der Waals surface area contributed by atoms with E-state index in [-0.39, 0.29) is 5.82 Å². The van der Waals surface area contributed by atoms with Crippen LogP contribution in [0, 0.1) is 12.7 Å². The molecular formula is C16H17FO. The molecule has 0 saturated heterocycles. The first-order valence-corrected chi connectivity index (χ1v) is 6.11. The van der Waals surface area contributed by atoms with E-state index in [1.807, 2.05) is 37.3 Å². The lowest BCUT2D eigenvalue weighted by Gasteiger charge is -2.11. The average molecular weight is 244 g/mol. The van der Waals surface area contributed by atoms with Gasteiger partial charge in [-0.2, -0.15) is 0 Å². The maximum Gasteiger partial charge on any atom is 0.123 e. The number of rotatable bonds is 4. The van der Waals surface area contributed by atoms with E-state index in [1.165, 1.54) is 17.7 Å². The summed E-state index contributed by atoms with van der Waals surface area (Å²) in [6.45, 7) is 2.03. The van der Waals surface area contributed by atoms with Crippen molar-refractivity contribution >= 4 is 0 Å². The molecule has 2 aromatic carbocycles. The predicted molar refractivity (Wildman–Crippen MR) is 71.0 cm³/mol. The molecule has 18 heavy (non-hydrogen) atoms. The van der Waals surface area contributed by atoms with Crippen LogP contribution < -0.4 is 0 Å². The SMILES string of the molecule is Cc1ccc(CC(O)Cc2cccc(F)c2)cc1. The Morgan fingerprint density at radius 2 is 1.67 bits per heavy atom. The van der Waals surface area contributed by atoms with Crippen LogP contribution >= 0.6 is 0 Å². The van der Waals surface area contributed by atoms with Gasteiger partial charge >= 0.3 is 0 Å². The maximum atomic E-state index is 13.0. The first-order chi connectivity index (χ1) is 8.63. The Balaban J connectivity index is 1.96. The molecule has 0 aliphatic rings. The van der Waals surface area contributed by atoms with Gasteiger partial charge in [0.15, 0.2) is 0 Å². The zero-order valence-corrected chi connectivity index (χ0v) is 10.4. The number of benzene rings is 2. The summed E-state index contributed by atoms with van der Waals surface area (Å²) in [5.41, 5.74) is 3.14. The van der Waals surface area contributed by atoms with Crippen molar-refractivity contribution in [1.82, 2.24) is 0 Å². The lowest BCUT2D eigenvalue weighted by molar-refractivity contribution is 0.175. The molecule has 0 spiro atoms. The zero-order valence-electron chi connectivity index (χ0n) is 10.4. The van der Waals surface area contributed by atoms with E-state index in [9.17, 15) is 9.50 Å². The summed E-state index contributed by atoms with van der Waals surface area (Å²) in [4.78, 5) is 0. The van der Waals surface area contributed by atoms with Gasteiger partial charge in [0.2, 0.25) is 0 Å². The van der Waals surface area contributed by atoms with E-state index in [2.05, 4.69) is 0 Å². The second-order valence-electron chi connectivity index (χ2n) is 4.68. The van der Waals surface area contributed by atoms with Crippen LogP contribution in [0.25, 0.3) is 0 Å². The van der Waals surface area contributed by atoms with Gasteiger partial charge in [0.25, 0.3) is 0 Å². The number of halogens is 1. The van der Waals surface area contributed by atoms with Crippen LogP contribution in [0.4, 0.5) is 4.39 Å². The summed E-state index contributed by atoms with van der Waals surface area (Å²) >= 11 is 0. The van der Waals surface area contributed by atoms with Gasteiger partial charge in [-0.1, -0.05) is 42.0 Å². The van der Waals surface area contributed by atoms with E-state index < -0.39 is 6.10 Å². The minimum Gasteiger partial charge on any atom is -0.392 e. The second kappa shape index (κ2) is 5.78. The van der Waals surface area contributed by atoms with Crippen molar-refractivity contribution in [2.24, 2.45) is 0 Å². The van der Waals surface area contributed by atoms with Gasteiger partial charge in [-0.05, 0) is 43.0 Å². The highest BCUT2D eigenvalue weighted by atomic mass is 19.1. The average Bonchev–Trinajstić information content (AvgIpc) is 2.32. The number of hydrogen-bond donors (Lipinski definition) is 1. The lowest BCUT2D eigenvalue weighted by Crippen LogP contribution is -2.14. The van der Waals surface area contributed by atoms with Gasteiger partial charge in [-0.15, -0.1) is 0 Å². The Morgan fingerprint density at radius 3 is 2.33 bits per heavy atom. The fourth-order valence-corrected chi connectivity index (χ4v) is 2.00. The molecule has 1 nitrogen and oxygen atoms in total. The Hall–Kier alpha value is -1.67. The first kappa shape index (κ1) is 12.8. The maximum absolute atomic E-state index is 13.0. The quantitative estimate of drug-likeness (QED) is 0.875. The molecule has 0 aliphatic carbocycles. The fourth-order valence-electron chi connectivity index (χ4n) is 2.00. The van der Waals surface area contributed by atoms with Crippen molar-refractivity contribution < 1.29 is 9.50 Å². The highest BCUT2D eigenvalue weighted by molar-refractivity contribution is 5.23. The Morgan fingerprint density at radius 1 is 1.00 bits per heavy atom. The third kappa shape index (κ3) is 3.67. The van der Waals surface area contributed by atoms with Crippen LogP contribution in [0.3, 0.4) is 0 Å². The van der Waals surface area contributed by atoms with E-state index in [0.29, 0.717) is 12.8 Å². The Bertz CT molecular complexity index is 505. The van der Waals surface area contributed by atoms with Crippen LogP contribution in [0.15, 0.2) is 48.5 Å². The molecule has 0 amide bonds. The number of aryl methyl sites for hydroxylation is 1.